The summed E-state index contributed by atoms with van der Waals surface area (Å²) >= 11 is 7.80. The third-order valence-electron chi connectivity index (χ3n) is 3.21. The van der Waals surface area contributed by atoms with Crippen LogP contribution in [0.4, 0.5) is 0 Å². The second-order valence-electron chi connectivity index (χ2n) is 4.75. The number of nitrogens with zero attached hydrogens (tertiary/aromatic N) is 1. The van der Waals surface area contributed by atoms with Crippen LogP contribution in [-0.2, 0) is 6.61 Å². The summed E-state index contributed by atoms with van der Waals surface area (Å²) in [5, 5.41) is 2.72. The topological polar surface area (TPSA) is 22.1 Å². The van der Waals surface area contributed by atoms with Gasteiger partial charge in [0.15, 0.2) is 0 Å². The molecule has 21 heavy (non-hydrogen) atoms. The molecule has 106 valence electrons. The van der Waals surface area contributed by atoms with Crippen LogP contribution in [0.25, 0.3) is 11.3 Å². The van der Waals surface area contributed by atoms with Crippen molar-refractivity contribution < 1.29 is 4.74 Å². The first kappa shape index (κ1) is 14.1. The SMILES string of the molecule is Cc1cc(OCc2ccccc2)c(-c2cscn2)cc1Cl. The molecule has 2 aromatic carbocycles. The normalized spacial score (nSPS) is 10.6. The lowest BCUT2D eigenvalue weighted by Gasteiger charge is -2.12. The Bertz CT molecular complexity index is 726. The van der Waals surface area contributed by atoms with Crippen LogP contribution in [0.1, 0.15) is 11.1 Å². The third-order valence-corrected chi connectivity index (χ3v) is 4.20. The van der Waals surface area contributed by atoms with Gasteiger partial charge in [-0.05, 0) is 30.2 Å². The Labute approximate surface area is 133 Å². The van der Waals surface area contributed by atoms with Gasteiger partial charge >= 0.3 is 0 Å². The number of halogens is 1. The van der Waals surface area contributed by atoms with Crippen molar-refractivity contribution in [2.75, 3.05) is 0 Å². The van der Waals surface area contributed by atoms with Crippen molar-refractivity contribution in [3.8, 4) is 17.0 Å². The molecule has 0 fully saturated rings. The minimum absolute atomic E-state index is 0.527. The summed E-state index contributed by atoms with van der Waals surface area (Å²) in [7, 11) is 0. The maximum Gasteiger partial charge on any atom is 0.129 e. The summed E-state index contributed by atoms with van der Waals surface area (Å²) in [5.41, 5.74) is 5.77. The van der Waals surface area contributed by atoms with E-state index >= 15 is 0 Å². The Balaban J connectivity index is 1.92. The van der Waals surface area contributed by atoms with Gasteiger partial charge in [-0.1, -0.05) is 41.9 Å². The summed E-state index contributed by atoms with van der Waals surface area (Å²) in [6.45, 7) is 2.50. The van der Waals surface area contributed by atoms with Crippen molar-refractivity contribution in [2.24, 2.45) is 0 Å². The van der Waals surface area contributed by atoms with E-state index in [4.69, 9.17) is 16.3 Å². The van der Waals surface area contributed by atoms with Crippen molar-refractivity contribution >= 4 is 22.9 Å². The van der Waals surface area contributed by atoms with Crippen LogP contribution >= 0.6 is 22.9 Å². The molecule has 2 nitrogen and oxygen atoms in total. The molecule has 0 bridgehead atoms. The third kappa shape index (κ3) is 3.26. The number of hydrogen-bond donors (Lipinski definition) is 0. The zero-order valence-corrected chi connectivity index (χ0v) is 13.1. The molecule has 0 N–H and O–H groups in total. The fourth-order valence-corrected chi connectivity index (χ4v) is 2.77. The minimum Gasteiger partial charge on any atom is -0.488 e. The van der Waals surface area contributed by atoms with Crippen molar-refractivity contribution in [3.05, 3.63) is 69.5 Å². The number of hydrogen-bond acceptors (Lipinski definition) is 3. The Morgan fingerprint density at radius 1 is 1.19 bits per heavy atom. The van der Waals surface area contributed by atoms with Gasteiger partial charge in [0.25, 0.3) is 0 Å². The number of rotatable bonds is 4. The Hall–Kier alpha value is -1.84. The van der Waals surface area contributed by atoms with E-state index in [2.05, 4.69) is 4.98 Å². The molecule has 0 radical (unpaired) electrons. The summed E-state index contributed by atoms with van der Waals surface area (Å²) in [5.74, 6) is 0.812. The van der Waals surface area contributed by atoms with E-state index in [1.165, 1.54) is 0 Å². The van der Waals surface area contributed by atoms with Crippen LogP contribution in [0, 0.1) is 6.92 Å². The van der Waals surface area contributed by atoms with Gasteiger partial charge in [0.1, 0.15) is 12.4 Å². The second kappa shape index (κ2) is 6.29. The Kier molecular flexibility index (Phi) is 4.23. The first-order valence-electron chi connectivity index (χ1n) is 6.59. The van der Waals surface area contributed by atoms with Crippen molar-refractivity contribution in [3.63, 3.8) is 0 Å². The van der Waals surface area contributed by atoms with E-state index < -0.39 is 0 Å². The van der Waals surface area contributed by atoms with Crippen LogP contribution < -0.4 is 4.74 Å². The molecule has 0 amide bonds. The summed E-state index contributed by atoms with van der Waals surface area (Å²) in [6, 6.07) is 14.0. The molecular weight excluding hydrogens is 302 g/mol. The van der Waals surface area contributed by atoms with Gasteiger partial charge in [-0.2, -0.15) is 0 Å². The van der Waals surface area contributed by atoms with Gasteiger partial charge in [-0.15, -0.1) is 11.3 Å². The van der Waals surface area contributed by atoms with Gasteiger partial charge in [0, 0.05) is 16.0 Å². The predicted molar refractivity (Wildman–Crippen MR) is 88.1 cm³/mol. The van der Waals surface area contributed by atoms with E-state index in [9.17, 15) is 0 Å². The molecule has 0 atom stereocenters. The quantitative estimate of drug-likeness (QED) is 0.647. The van der Waals surface area contributed by atoms with E-state index in [1.807, 2.05) is 60.3 Å². The molecular formula is C17H14ClNOS. The molecule has 0 aliphatic heterocycles. The first-order chi connectivity index (χ1) is 10.2. The lowest BCUT2D eigenvalue weighted by molar-refractivity contribution is 0.307. The zero-order chi connectivity index (χ0) is 14.7. The summed E-state index contributed by atoms with van der Waals surface area (Å²) in [4.78, 5) is 4.35. The van der Waals surface area contributed by atoms with E-state index in [0.717, 1.165) is 33.2 Å². The highest BCUT2D eigenvalue weighted by atomic mass is 35.5. The number of aromatic nitrogens is 1. The molecule has 0 saturated carbocycles. The fourth-order valence-electron chi connectivity index (χ4n) is 2.06. The molecule has 0 spiro atoms. The van der Waals surface area contributed by atoms with Gasteiger partial charge in [0.05, 0.1) is 11.2 Å². The monoisotopic (exact) mass is 315 g/mol. The van der Waals surface area contributed by atoms with Gasteiger partial charge in [-0.25, -0.2) is 4.98 Å². The molecule has 3 aromatic rings. The largest absolute Gasteiger partial charge is 0.488 e. The van der Waals surface area contributed by atoms with Crippen molar-refractivity contribution in [1.29, 1.82) is 0 Å². The average molecular weight is 316 g/mol. The van der Waals surface area contributed by atoms with Gasteiger partial charge < -0.3 is 4.74 Å². The summed E-state index contributed by atoms with van der Waals surface area (Å²) in [6.07, 6.45) is 0. The number of ether oxygens (including phenoxy) is 1. The maximum absolute atomic E-state index is 6.24. The number of benzene rings is 2. The molecule has 0 aliphatic carbocycles. The van der Waals surface area contributed by atoms with Crippen molar-refractivity contribution in [2.45, 2.75) is 13.5 Å². The number of aryl methyl sites for hydroxylation is 1. The van der Waals surface area contributed by atoms with Gasteiger partial charge in [0.2, 0.25) is 0 Å². The highest BCUT2D eigenvalue weighted by molar-refractivity contribution is 7.07. The highest BCUT2D eigenvalue weighted by Gasteiger charge is 2.11. The standard InChI is InChI=1S/C17H14ClNOS/c1-12-7-17(20-9-13-5-3-2-4-6-13)14(8-15(12)18)16-10-21-11-19-16/h2-8,10-11H,9H2,1H3. The molecule has 0 aliphatic rings. The van der Waals surface area contributed by atoms with Crippen LogP contribution in [0.3, 0.4) is 0 Å². The second-order valence-corrected chi connectivity index (χ2v) is 5.87. The molecule has 3 rings (SSSR count). The fraction of sp³-hybridized carbons (Fsp3) is 0.118. The van der Waals surface area contributed by atoms with Crippen molar-refractivity contribution in [1.82, 2.24) is 4.98 Å². The molecule has 4 heteroatoms. The molecule has 0 saturated heterocycles. The number of thiazole rings is 1. The van der Waals surface area contributed by atoms with Gasteiger partial charge in [-0.3, -0.25) is 0 Å². The molecule has 1 heterocycles. The average Bonchev–Trinajstić information content (AvgIpc) is 3.03. The minimum atomic E-state index is 0.527. The van der Waals surface area contributed by atoms with Crippen LogP contribution in [0.15, 0.2) is 53.4 Å². The Morgan fingerprint density at radius 2 is 2.00 bits per heavy atom. The van der Waals surface area contributed by atoms with Crippen LogP contribution in [0.2, 0.25) is 5.02 Å². The Morgan fingerprint density at radius 3 is 2.71 bits per heavy atom. The van der Waals surface area contributed by atoms with Crippen LogP contribution in [-0.4, -0.2) is 4.98 Å². The molecule has 1 aromatic heterocycles. The lowest BCUT2D eigenvalue weighted by Crippen LogP contribution is -1.98. The first-order valence-corrected chi connectivity index (χ1v) is 7.91. The van der Waals surface area contributed by atoms with Crippen LogP contribution in [0.5, 0.6) is 5.75 Å². The summed E-state index contributed by atoms with van der Waals surface area (Å²) < 4.78 is 5.99. The lowest BCUT2D eigenvalue weighted by atomic mass is 10.1. The highest BCUT2D eigenvalue weighted by Crippen LogP contribution is 2.35. The zero-order valence-electron chi connectivity index (χ0n) is 11.5. The maximum atomic E-state index is 6.24. The molecule has 0 unspecified atom stereocenters. The van der Waals surface area contributed by atoms with E-state index in [-0.39, 0.29) is 0 Å². The predicted octanol–water partition coefficient (Wildman–Crippen LogP) is 5.35. The smallest absolute Gasteiger partial charge is 0.129 e. The van der Waals surface area contributed by atoms with E-state index in [1.54, 1.807) is 11.3 Å². The van der Waals surface area contributed by atoms with E-state index in [0.29, 0.717) is 6.61 Å².